The average molecular weight is 363 g/mol. The second kappa shape index (κ2) is 7.75. The molecular formula is C13H19BrN2O3S. The van der Waals surface area contributed by atoms with Crippen LogP contribution in [0.15, 0.2) is 28.7 Å². The zero-order chi connectivity index (χ0) is 15.2. The molecular weight excluding hydrogens is 344 g/mol. The van der Waals surface area contributed by atoms with Crippen LogP contribution in [0, 0.1) is 0 Å². The highest BCUT2D eigenvalue weighted by molar-refractivity contribution is 9.10. The van der Waals surface area contributed by atoms with Crippen LogP contribution in [0.4, 0.5) is 0 Å². The molecule has 1 aromatic carbocycles. The number of rotatable bonds is 7. The van der Waals surface area contributed by atoms with E-state index in [0.29, 0.717) is 12.1 Å². The summed E-state index contributed by atoms with van der Waals surface area (Å²) in [6, 6.07) is 7.15. The monoisotopic (exact) mass is 362 g/mol. The minimum atomic E-state index is -3.46. The van der Waals surface area contributed by atoms with Crippen LogP contribution >= 0.6 is 15.9 Å². The molecule has 0 heterocycles. The molecule has 0 radical (unpaired) electrons. The number of sulfone groups is 1. The highest BCUT2D eigenvalue weighted by Gasteiger charge is 2.17. The fourth-order valence-corrected chi connectivity index (χ4v) is 3.29. The highest BCUT2D eigenvalue weighted by atomic mass is 79.9. The van der Waals surface area contributed by atoms with Crippen LogP contribution in [0.1, 0.15) is 12.5 Å². The molecule has 0 spiro atoms. The topological polar surface area (TPSA) is 75.3 Å². The molecule has 0 saturated carbocycles. The molecule has 0 bridgehead atoms. The lowest BCUT2D eigenvalue weighted by atomic mass is 10.2. The summed E-state index contributed by atoms with van der Waals surface area (Å²) in [4.78, 5) is 11.6. The van der Waals surface area contributed by atoms with Gasteiger partial charge in [-0.25, -0.2) is 8.42 Å². The van der Waals surface area contributed by atoms with Crippen molar-refractivity contribution in [2.24, 2.45) is 0 Å². The van der Waals surface area contributed by atoms with E-state index in [2.05, 4.69) is 26.6 Å². The number of benzene rings is 1. The molecule has 1 atom stereocenters. The van der Waals surface area contributed by atoms with Gasteiger partial charge in [-0.05, 0) is 31.7 Å². The maximum Gasteiger partial charge on any atom is 0.235 e. The molecule has 1 aromatic rings. The van der Waals surface area contributed by atoms with Crippen molar-refractivity contribution in [1.82, 2.24) is 10.6 Å². The van der Waals surface area contributed by atoms with Gasteiger partial charge in [0.25, 0.3) is 0 Å². The highest BCUT2D eigenvalue weighted by Crippen LogP contribution is 2.14. The fourth-order valence-electron chi connectivity index (χ4n) is 1.55. The first kappa shape index (κ1) is 17.1. The van der Waals surface area contributed by atoms with E-state index in [1.54, 1.807) is 25.2 Å². The first-order valence-electron chi connectivity index (χ1n) is 6.21. The third-order valence-electron chi connectivity index (χ3n) is 2.72. The largest absolute Gasteiger partial charge is 0.354 e. The smallest absolute Gasteiger partial charge is 0.235 e. The van der Waals surface area contributed by atoms with Crippen LogP contribution in [0.2, 0.25) is 0 Å². The Hall–Kier alpha value is -0.920. The molecule has 7 heteroatoms. The van der Waals surface area contributed by atoms with Gasteiger partial charge in [0.05, 0.1) is 5.75 Å². The molecule has 0 aromatic heterocycles. The summed E-state index contributed by atoms with van der Waals surface area (Å²) in [5.74, 6) is -1.10. The molecule has 112 valence electrons. The van der Waals surface area contributed by atoms with E-state index in [9.17, 15) is 13.2 Å². The summed E-state index contributed by atoms with van der Waals surface area (Å²) in [6.07, 6.45) is 0. The predicted octanol–water partition coefficient (Wildman–Crippen LogP) is 1.09. The van der Waals surface area contributed by atoms with Gasteiger partial charge in [0, 0.05) is 17.1 Å². The molecule has 0 aliphatic heterocycles. The summed E-state index contributed by atoms with van der Waals surface area (Å²) in [6.45, 7) is 2.30. The minimum absolute atomic E-state index is 0.103. The zero-order valence-electron chi connectivity index (χ0n) is 11.5. The lowest BCUT2D eigenvalue weighted by molar-refractivity contribution is -0.118. The van der Waals surface area contributed by atoms with Gasteiger partial charge in [-0.1, -0.05) is 28.1 Å². The molecule has 5 nitrogen and oxygen atoms in total. The zero-order valence-corrected chi connectivity index (χ0v) is 13.9. The first-order valence-corrected chi connectivity index (χ1v) is 8.82. The van der Waals surface area contributed by atoms with Gasteiger partial charge < -0.3 is 10.6 Å². The Labute approximate surface area is 128 Å². The van der Waals surface area contributed by atoms with Crippen molar-refractivity contribution in [2.75, 3.05) is 19.3 Å². The lowest BCUT2D eigenvalue weighted by Gasteiger charge is -2.11. The third-order valence-corrected chi connectivity index (χ3v) is 4.69. The molecule has 0 aliphatic carbocycles. The van der Waals surface area contributed by atoms with Gasteiger partial charge in [-0.2, -0.15) is 0 Å². The van der Waals surface area contributed by atoms with E-state index >= 15 is 0 Å². The maximum atomic E-state index is 11.9. The normalized spacial score (nSPS) is 12.9. The van der Waals surface area contributed by atoms with Crippen LogP contribution in [-0.2, 0) is 20.4 Å². The molecule has 1 unspecified atom stereocenters. The maximum absolute atomic E-state index is 11.9. The van der Waals surface area contributed by atoms with E-state index < -0.39 is 21.5 Å². The number of likely N-dealkylation sites (N-methyl/N-ethyl adjacent to an activating group) is 1. The number of amides is 1. The van der Waals surface area contributed by atoms with Gasteiger partial charge in [-0.15, -0.1) is 0 Å². The van der Waals surface area contributed by atoms with Crippen LogP contribution in [-0.4, -0.2) is 39.7 Å². The summed E-state index contributed by atoms with van der Waals surface area (Å²) in [7, 11) is -1.68. The number of carbonyl (C=O) groups excluding carboxylic acids is 1. The molecule has 2 N–H and O–H groups in total. The summed E-state index contributed by atoms with van der Waals surface area (Å²) >= 11 is 3.29. The van der Waals surface area contributed by atoms with Crippen molar-refractivity contribution in [3.63, 3.8) is 0 Å². The molecule has 0 fully saturated rings. The first-order chi connectivity index (χ1) is 9.32. The Kier molecular flexibility index (Phi) is 6.64. The summed E-state index contributed by atoms with van der Waals surface area (Å²) < 4.78 is 24.7. The lowest BCUT2D eigenvalue weighted by Crippen LogP contribution is -2.39. The van der Waals surface area contributed by atoms with Crippen molar-refractivity contribution in [2.45, 2.75) is 18.7 Å². The predicted molar refractivity (Wildman–Crippen MR) is 83.2 cm³/mol. The summed E-state index contributed by atoms with van der Waals surface area (Å²) in [5.41, 5.74) is 0.663. The van der Waals surface area contributed by atoms with E-state index in [0.717, 1.165) is 4.47 Å². The van der Waals surface area contributed by atoms with E-state index in [1.165, 1.54) is 0 Å². The van der Waals surface area contributed by atoms with Crippen LogP contribution < -0.4 is 10.6 Å². The second-order valence-electron chi connectivity index (χ2n) is 4.66. The van der Waals surface area contributed by atoms with Gasteiger partial charge >= 0.3 is 0 Å². The van der Waals surface area contributed by atoms with E-state index in [1.807, 2.05) is 13.0 Å². The second-order valence-corrected chi connectivity index (χ2v) is 7.64. The quantitative estimate of drug-likeness (QED) is 0.761. The minimum Gasteiger partial charge on any atom is -0.354 e. The van der Waals surface area contributed by atoms with Crippen molar-refractivity contribution in [3.8, 4) is 0 Å². The van der Waals surface area contributed by atoms with Gasteiger partial charge in [-0.3, -0.25) is 4.79 Å². The number of carbonyl (C=O) groups is 1. The standard InChI is InChI=1S/C13H19BrN2O3S/c1-10(15-2)7-16-13(17)9-20(18,19)8-11-4-3-5-12(14)6-11/h3-6,10,15H,7-9H2,1-2H3,(H,16,17). The Bertz CT molecular complexity index is 560. The number of hydrogen-bond acceptors (Lipinski definition) is 4. The van der Waals surface area contributed by atoms with Crippen molar-refractivity contribution in [1.29, 1.82) is 0 Å². The Morgan fingerprint density at radius 3 is 2.70 bits per heavy atom. The van der Waals surface area contributed by atoms with Crippen LogP contribution in [0.25, 0.3) is 0 Å². The Morgan fingerprint density at radius 1 is 1.40 bits per heavy atom. The molecule has 0 saturated heterocycles. The molecule has 1 amide bonds. The Morgan fingerprint density at radius 2 is 2.10 bits per heavy atom. The van der Waals surface area contributed by atoms with Crippen molar-refractivity contribution >= 4 is 31.7 Å². The Balaban J connectivity index is 2.55. The fraction of sp³-hybridized carbons (Fsp3) is 0.462. The van der Waals surface area contributed by atoms with Crippen molar-refractivity contribution in [3.05, 3.63) is 34.3 Å². The number of hydrogen-bond donors (Lipinski definition) is 2. The number of halogens is 1. The van der Waals surface area contributed by atoms with Gasteiger partial charge in [0.15, 0.2) is 9.84 Å². The average Bonchev–Trinajstić information content (AvgIpc) is 2.34. The van der Waals surface area contributed by atoms with Crippen LogP contribution in [0.5, 0.6) is 0 Å². The molecule has 20 heavy (non-hydrogen) atoms. The van der Waals surface area contributed by atoms with Gasteiger partial charge in [0.1, 0.15) is 5.75 Å². The van der Waals surface area contributed by atoms with Crippen LogP contribution in [0.3, 0.4) is 0 Å². The number of nitrogens with one attached hydrogen (secondary N) is 2. The van der Waals surface area contributed by atoms with E-state index in [4.69, 9.17) is 0 Å². The molecule has 0 aliphatic rings. The SMILES string of the molecule is CNC(C)CNC(=O)CS(=O)(=O)Cc1cccc(Br)c1. The van der Waals surface area contributed by atoms with E-state index in [-0.39, 0.29) is 11.8 Å². The van der Waals surface area contributed by atoms with Crippen molar-refractivity contribution < 1.29 is 13.2 Å². The summed E-state index contributed by atoms with van der Waals surface area (Å²) in [5, 5.41) is 5.56. The third kappa shape index (κ3) is 6.49. The van der Waals surface area contributed by atoms with Gasteiger partial charge in [0.2, 0.25) is 5.91 Å². The molecule has 1 rings (SSSR count).